The van der Waals surface area contributed by atoms with Crippen molar-refractivity contribution in [3.8, 4) is 5.88 Å². The molecule has 12 heavy (non-hydrogen) atoms. The molecule has 0 spiro atoms. The molecule has 1 atom stereocenters. The standard InChI is InChI=1S/C9H14N2O/c1-7(10)6-8-4-3-5-11-9(8)12-2/h3-5,7H,6,10H2,1-2H3/t7-/m0/s1. The van der Waals surface area contributed by atoms with Gasteiger partial charge in [-0.15, -0.1) is 0 Å². The summed E-state index contributed by atoms with van der Waals surface area (Å²) in [6, 6.07) is 4.01. The molecule has 1 rings (SSSR count). The molecule has 0 aromatic carbocycles. The smallest absolute Gasteiger partial charge is 0.216 e. The zero-order valence-corrected chi connectivity index (χ0v) is 7.45. The predicted molar refractivity (Wildman–Crippen MR) is 48.1 cm³/mol. The van der Waals surface area contributed by atoms with Crippen molar-refractivity contribution in [2.24, 2.45) is 5.73 Å². The Morgan fingerprint density at radius 3 is 3.00 bits per heavy atom. The number of nitrogens with two attached hydrogens (primary N) is 1. The van der Waals surface area contributed by atoms with E-state index in [4.69, 9.17) is 10.5 Å². The Labute approximate surface area is 72.6 Å². The molecule has 0 bridgehead atoms. The largest absolute Gasteiger partial charge is 0.481 e. The van der Waals surface area contributed by atoms with Crippen LogP contribution in [-0.4, -0.2) is 18.1 Å². The first-order valence-corrected chi connectivity index (χ1v) is 3.97. The third kappa shape index (κ3) is 2.20. The van der Waals surface area contributed by atoms with E-state index in [1.807, 2.05) is 19.1 Å². The molecular formula is C9H14N2O. The van der Waals surface area contributed by atoms with Gasteiger partial charge in [0, 0.05) is 17.8 Å². The molecule has 66 valence electrons. The molecule has 0 aliphatic rings. The normalized spacial score (nSPS) is 12.6. The fraction of sp³-hybridized carbons (Fsp3) is 0.444. The van der Waals surface area contributed by atoms with Gasteiger partial charge in [-0.3, -0.25) is 0 Å². The van der Waals surface area contributed by atoms with Gasteiger partial charge < -0.3 is 10.5 Å². The zero-order chi connectivity index (χ0) is 8.97. The van der Waals surface area contributed by atoms with E-state index in [0.29, 0.717) is 5.88 Å². The van der Waals surface area contributed by atoms with Gasteiger partial charge in [0.2, 0.25) is 5.88 Å². The molecular weight excluding hydrogens is 152 g/mol. The number of methoxy groups -OCH3 is 1. The monoisotopic (exact) mass is 166 g/mol. The molecule has 0 unspecified atom stereocenters. The highest BCUT2D eigenvalue weighted by atomic mass is 16.5. The predicted octanol–water partition coefficient (Wildman–Crippen LogP) is 0.980. The van der Waals surface area contributed by atoms with Crippen LogP contribution in [0.15, 0.2) is 18.3 Å². The summed E-state index contributed by atoms with van der Waals surface area (Å²) in [5.74, 6) is 0.676. The number of aromatic nitrogens is 1. The Kier molecular flexibility index (Phi) is 3.05. The summed E-state index contributed by atoms with van der Waals surface area (Å²) in [6.07, 6.45) is 2.51. The first kappa shape index (κ1) is 9.00. The molecule has 1 aromatic heterocycles. The van der Waals surface area contributed by atoms with Crippen molar-refractivity contribution >= 4 is 0 Å². The maximum atomic E-state index is 5.66. The van der Waals surface area contributed by atoms with Crippen LogP contribution >= 0.6 is 0 Å². The van der Waals surface area contributed by atoms with Gasteiger partial charge in [0.15, 0.2) is 0 Å². The lowest BCUT2D eigenvalue weighted by Crippen LogP contribution is -2.18. The van der Waals surface area contributed by atoms with Gasteiger partial charge in [0.05, 0.1) is 7.11 Å². The minimum atomic E-state index is 0.142. The molecule has 0 saturated carbocycles. The van der Waals surface area contributed by atoms with E-state index in [1.165, 1.54) is 0 Å². The highest BCUT2D eigenvalue weighted by Gasteiger charge is 2.04. The summed E-state index contributed by atoms with van der Waals surface area (Å²) in [7, 11) is 1.62. The van der Waals surface area contributed by atoms with Gasteiger partial charge in [-0.2, -0.15) is 0 Å². The molecule has 2 N–H and O–H groups in total. The van der Waals surface area contributed by atoms with Gasteiger partial charge in [-0.1, -0.05) is 6.07 Å². The van der Waals surface area contributed by atoms with Gasteiger partial charge in [0.25, 0.3) is 0 Å². The van der Waals surface area contributed by atoms with E-state index in [2.05, 4.69) is 4.98 Å². The van der Waals surface area contributed by atoms with E-state index >= 15 is 0 Å². The van der Waals surface area contributed by atoms with Crippen LogP contribution < -0.4 is 10.5 Å². The summed E-state index contributed by atoms with van der Waals surface area (Å²) >= 11 is 0. The molecule has 1 heterocycles. The highest BCUT2D eigenvalue weighted by Crippen LogP contribution is 2.14. The molecule has 3 heteroatoms. The highest BCUT2D eigenvalue weighted by molar-refractivity contribution is 5.25. The quantitative estimate of drug-likeness (QED) is 0.728. The second-order valence-corrected chi connectivity index (χ2v) is 2.85. The second kappa shape index (κ2) is 4.07. The summed E-state index contributed by atoms with van der Waals surface area (Å²) in [6.45, 7) is 1.96. The first-order valence-electron chi connectivity index (χ1n) is 3.97. The molecule has 0 radical (unpaired) electrons. The maximum Gasteiger partial charge on any atom is 0.216 e. The third-order valence-electron chi connectivity index (χ3n) is 1.59. The van der Waals surface area contributed by atoms with Gasteiger partial charge in [-0.25, -0.2) is 4.98 Å². The molecule has 0 saturated heterocycles. The van der Waals surface area contributed by atoms with Crippen LogP contribution in [0.3, 0.4) is 0 Å². The number of ether oxygens (including phenoxy) is 1. The van der Waals surface area contributed by atoms with Crippen molar-refractivity contribution < 1.29 is 4.74 Å². The Morgan fingerprint density at radius 2 is 2.42 bits per heavy atom. The van der Waals surface area contributed by atoms with Crippen LogP contribution in [0.1, 0.15) is 12.5 Å². The van der Waals surface area contributed by atoms with Crippen LogP contribution in [0, 0.1) is 0 Å². The number of hydrogen-bond acceptors (Lipinski definition) is 3. The van der Waals surface area contributed by atoms with Gasteiger partial charge in [-0.05, 0) is 19.4 Å². The lowest BCUT2D eigenvalue weighted by molar-refractivity contribution is 0.391. The SMILES string of the molecule is COc1ncccc1C[C@H](C)N. The van der Waals surface area contributed by atoms with Crippen molar-refractivity contribution in [3.05, 3.63) is 23.9 Å². The van der Waals surface area contributed by atoms with Crippen LogP contribution in [0.25, 0.3) is 0 Å². The summed E-state index contributed by atoms with van der Waals surface area (Å²) in [5.41, 5.74) is 6.73. The van der Waals surface area contributed by atoms with Gasteiger partial charge >= 0.3 is 0 Å². The van der Waals surface area contributed by atoms with Crippen molar-refractivity contribution in [3.63, 3.8) is 0 Å². The van der Waals surface area contributed by atoms with Crippen LogP contribution in [0.5, 0.6) is 5.88 Å². The first-order chi connectivity index (χ1) is 5.74. The fourth-order valence-electron chi connectivity index (χ4n) is 1.11. The summed E-state index contributed by atoms with van der Waals surface area (Å²) in [4.78, 5) is 4.07. The van der Waals surface area contributed by atoms with E-state index < -0.39 is 0 Å². The van der Waals surface area contributed by atoms with Crippen LogP contribution in [0.2, 0.25) is 0 Å². The number of nitrogens with zero attached hydrogens (tertiary/aromatic N) is 1. The lowest BCUT2D eigenvalue weighted by Gasteiger charge is -2.08. The minimum absolute atomic E-state index is 0.142. The number of pyridine rings is 1. The Morgan fingerprint density at radius 1 is 1.67 bits per heavy atom. The van der Waals surface area contributed by atoms with Crippen LogP contribution in [-0.2, 0) is 6.42 Å². The van der Waals surface area contributed by atoms with E-state index in [1.54, 1.807) is 13.3 Å². The maximum absolute atomic E-state index is 5.66. The average molecular weight is 166 g/mol. The van der Waals surface area contributed by atoms with E-state index in [9.17, 15) is 0 Å². The van der Waals surface area contributed by atoms with Gasteiger partial charge in [0.1, 0.15) is 0 Å². The molecule has 3 nitrogen and oxygen atoms in total. The topological polar surface area (TPSA) is 48.1 Å². The van der Waals surface area contributed by atoms with Crippen LogP contribution in [0.4, 0.5) is 0 Å². The van der Waals surface area contributed by atoms with Crippen molar-refractivity contribution in [2.45, 2.75) is 19.4 Å². The lowest BCUT2D eigenvalue weighted by atomic mass is 10.1. The fourth-order valence-corrected chi connectivity index (χ4v) is 1.11. The molecule has 0 aliphatic heterocycles. The number of rotatable bonds is 3. The summed E-state index contributed by atoms with van der Waals surface area (Å²) < 4.78 is 5.08. The third-order valence-corrected chi connectivity index (χ3v) is 1.59. The number of hydrogen-bond donors (Lipinski definition) is 1. The molecule has 0 fully saturated rings. The van der Waals surface area contributed by atoms with Crippen molar-refractivity contribution in [1.82, 2.24) is 4.98 Å². The molecule has 0 aliphatic carbocycles. The summed E-state index contributed by atoms with van der Waals surface area (Å²) in [5, 5.41) is 0. The van der Waals surface area contributed by atoms with Crippen molar-refractivity contribution in [1.29, 1.82) is 0 Å². The Hall–Kier alpha value is -1.09. The zero-order valence-electron chi connectivity index (χ0n) is 7.45. The molecule has 1 aromatic rings. The van der Waals surface area contributed by atoms with Crippen molar-refractivity contribution in [2.75, 3.05) is 7.11 Å². The van der Waals surface area contributed by atoms with E-state index in [-0.39, 0.29) is 6.04 Å². The minimum Gasteiger partial charge on any atom is -0.481 e. The molecule has 0 amide bonds. The Bertz CT molecular complexity index is 248. The Balaban J connectivity index is 2.82. The van der Waals surface area contributed by atoms with E-state index in [0.717, 1.165) is 12.0 Å². The second-order valence-electron chi connectivity index (χ2n) is 2.85. The average Bonchev–Trinajstić information content (AvgIpc) is 2.04.